The highest BCUT2D eigenvalue weighted by Crippen LogP contribution is 2.32. The summed E-state index contributed by atoms with van der Waals surface area (Å²) in [5, 5.41) is 10.4. The van der Waals surface area contributed by atoms with Gasteiger partial charge in [-0.15, -0.1) is 0 Å². The molecule has 0 saturated heterocycles. The first-order chi connectivity index (χ1) is 7.23. The molecule has 5 nitrogen and oxygen atoms in total. The SMILES string of the molecule is NC(=O)c1cc(C(F)(F)F)ccc1[N+](=O)[O-]. The van der Waals surface area contributed by atoms with Crippen LogP contribution in [0.25, 0.3) is 0 Å². The molecule has 16 heavy (non-hydrogen) atoms. The highest BCUT2D eigenvalue weighted by molar-refractivity contribution is 5.97. The molecule has 0 aliphatic heterocycles. The maximum atomic E-state index is 12.2. The van der Waals surface area contributed by atoms with Gasteiger partial charge in [0.1, 0.15) is 5.56 Å². The highest BCUT2D eigenvalue weighted by atomic mass is 19.4. The largest absolute Gasteiger partial charge is 0.416 e. The van der Waals surface area contributed by atoms with Gasteiger partial charge >= 0.3 is 6.18 Å². The topological polar surface area (TPSA) is 86.2 Å². The van der Waals surface area contributed by atoms with Crippen LogP contribution in [-0.4, -0.2) is 10.8 Å². The highest BCUT2D eigenvalue weighted by Gasteiger charge is 2.33. The minimum Gasteiger partial charge on any atom is -0.365 e. The van der Waals surface area contributed by atoms with Crippen molar-refractivity contribution >= 4 is 11.6 Å². The Hall–Kier alpha value is -2.12. The molecule has 86 valence electrons. The molecule has 1 rings (SSSR count). The van der Waals surface area contributed by atoms with Gasteiger partial charge in [0.2, 0.25) is 0 Å². The molecular weight excluding hydrogens is 229 g/mol. The molecule has 0 atom stereocenters. The lowest BCUT2D eigenvalue weighted by Crippen LogP contribution is -2.15. The first kappa shape index (κ1) is 12.0. The van der Waals surface area contributed by atoms with E-state index in [0.717, 1.165) is 0 Å². The lowest BCUT2D eigenvalue weighted by Gasteiger charge is -2.07. The third-order valence-corrected chi connectivity index (χ3v) is 1.79. The van der Waals surface area contributed by atoms with E-state index < -0.39 is 33.8 Å². The van der Waals surface area contributed by atoms with Gasteiger partial charge in [-0.1, -0.05) is 0 Å². The molecule has 1 amide bonds. The van der Waals surface area contributed by atoms with Crippen LogP contribution in [0.1, 0.15) is 15.9 Å². The van der Waals surface area contributed by atoms with Gasteiger partial charge in [0.25, 0.3) is 11.6 Å². The molecule has 0 unspecified atom stereocenters. The average molecular weight is 234 g/mol. The number of halogens is 3. The van der Waals surface area contributed by atoms with Gasteiger partial charge in [0.05, 0.1) is 10.5 Å². The van der Waals surface area contributed by atoms with Crippen molar-refractivity contribution in [2.75, 3.05) is 0 Å². The Labute approximate surface area is 86.8 Å². The van der Waals surface area contributed by atoms with Crippen molar-refractivity contribution in [3.8, 4) is 0 Å². The van der Waals surface area contributed by atoms with E-state index in [1.165, 1.54) is 0 Å². The van der Waals surface area contributed by atoms with Crippen LogP contribution in [0.15, 0.2) is 18.2 Å². The van der Waals surface area contributed by atoms with Gasteiger partial charge in [-0.2, -0.15) is 13.2 Å². The Morgan fingerprint density at radius 3 is 2.31 bits per heavy atom. The zero-order valence-corrected chi connectivity index (χ0v) is 7.62. The molecule has 0 fully saturated rings. The van der Waals surface area contributed by atoms with Gasteiger partial charge in [0.15, 0.2) is 0 Å². The molecule has 0 heterocycles. The quantitative estimate of drug-likeness (QED) is 0.624. The van der Waals surface area contributed by atoms with Crippen LogP contribution in [0.4, 0.5) is 18.9 Å². The number of nitrogens with zero attached hydrogens (tertiary/aromatic N) is 1. The summed E-state index contributed by atoms with van der Waals surface area (Å²) in [5.41, 5.74) is 2.08. The third-order valence-electron chi connectivity index (χ3n) is 1.79. The number of benzene rings is 1. The summed E-state index contributed by atoms with van der Waals surface area (Å²) in [6.07, 6.45) is -4.68. The zero-order chi connectivity index (χ0) is 12.5. The second-order valence-electron chi connectivity index (χ2n) is 2.85. The summed E-state index contributed by atoms with van der Waals surface area (Å²) in [6.45, 7) is 0. The van der Waals surface area contributed by atoms with Crippen molar-refractivity contribution in [3.05, 3.63) is 39.4 Å². The Bertz CT molecular complexity index is 456. The molecule has 2 N–H and O–H groups in total. The van der Waals surface area contributed by atoms with Crippen LogP contribution in [0.2, 0.25) is 0 Å². The van der Waals surface area contributed by atoms with Crippen LogP contribution in [0.3, 0.4) is 0 Å². The number of carbonyl (C=O) groups is 1. The van der Waals surface area contributed by atoms with Crippen LogP contribution in [0.5, 0.6) is 0 Å². The second-order valence-corrected chi connectivity index (χ2v) is 2.85. The van der Waals surface area contributed by atoms with E-state index in [2.05, 4.69) is 0 Å². The number of carbonyl (C=O) groups excluding carboxylic acids is 1. The van der Waals surface area contributed by atoms with Crippen molar-refractivity contribution < 1.29 is 22.9 Å². The molecule has 1 aromatic carbocycles. The van der Waals surface area contributed by atoms with Crippen molar-refractivity contribution in [1.29, 1.82) is 0 Å². The fourth-order valence-electron chi connectivity index (χ4n) is 1.07. The van der Waals surface area contributed by atoms with E-state index in [9.17, 15) is 28.1 Å². The fraction of sp³-hybridized carbons (Fsp3) is 0.125. The van der Waals surface area contributed by atoms with Crippen molar-refractivity contribution in [1.82, 2.24) is 0 Å². The van der Waals surface area contributed by atoms with E-state index in [1.54, 1.807) is 0 Å². The lowest BCUT2D eigenvalue weighted by atomic mass is 10.1. The number of amides is 1. The Kier molecular flexibility index (Phi) is 2.84. The molecule has 0 spiro atoms. The molecule has 0 radical (unpaired) electrons. The number of nitro benzene ring substituents is 1. The molecular formula is C8H5F3N2O3. The summed E-state index contributed by atoms with van der Waals surface area (Å²) >= 11 is 0. The van der Waals surface area contributed by atoms with Gasteiger partial charge in [-0.3, -0.25) is 14.9 Å². The Balaban J connectivity index is 3.40. The number of nitrogens with two attached hydrogens (primary N) is 1. The fourth-order valence-corrected chi connectivity index (χ4v) is 1.07. The van der Waals surface area contributed by atoms with E-state index in [0.29, 0.717) is 18.2 Å². The summed E-state index contributed by atoms with van der Waals surface area (Å²) in [6, 6.07) is 1.48. The number of alkyl halides is 3. The second kappa shape index (κ2) is 3.80. The standard InChI is InChI=1S/C8H5F3N2O3/c9-8(10,11)4-1-2-6(13(15)16)5(3-4)7(12)14/h1-3H,(H2,12,14). The first-order valence-corrected chi connectivity index (χ1v) is 3.89. The average Bonchev–Trinajstić information content (AvgIpc) is 2.15. The van der Waals surface area contributed by atoms with E-state index in [-0.39, 0.29) is 0 Å². The number of hydrogen-bond acceptors (Lipinski definition) is 3. The minimum atomic E-state index is -4.68. The van der Waals surface area contributed by atoms with Crippen molar-refractivity contribution in [3.63, 3.8) is 0 Å². The van der Waals surface area contributed by atoms with Crippen LogP contribution >= 0.6 is 0 Å². The Morgan fingerprint density at radius 1 is 1.38 bits per heavy atom. The van der Waals surface area contributed by atoms with Crippen LogP contribution in [-0.2, 0) is 6.18 Å². The molecule has 0 aliphatic rings. The van der Waals surface area contributed by atoms with Gasteiger partial charge < -0.3 is 5.73 Å². The predicted molar refractivity (Wildman–Crippen MR) is 46.6 cm³/mol. The van der Waals surface area contributed by atoms with Gasteiger partial charge in [-0.05, 0) is 12.1 Å². The van der Waals surface area contributed by atoms with Crippen LogP contribution < -0.4 is 5.73 Å². The molecule has 8 heteroatoms. The molecule has 0 aromatic heterocycles. The monoisotopic (exact) mass is 234 g/mol. The van der Waals surface area contributed by atoms with Crippen LogP contribution in [0, 0.1) is 10.1 Å². The van der Waals surface area contributed by atoms with E-state index in [4.69, 9.17) is 5.73 Å². The Morgan fingerprint density at radius 2 is 1.94 bits per heavy atom. The number of hydrogen-bond donors (Lipinski definition) is 1. The zero-order valence-electron chi connectivity index (χ0n) is 7.62. The van der Waals surface area contributed by atoms with Gasteiger partial charge in [-0.25, -0.2) is 0 Å². The maximum Gasteiger partial charge on any atom is 0.416 e. The lowest BCUT2D eigenvalue weighted by molar-refractivity contribution is -0.385. The molecule has 0 saturated carbocycles. The van der Waals surface area contributed by atoms with E-state index in [1.807, 2.05) is 0 Å². The van der Waals surface area contributed by atoms with Crippen molar-refractivity contribution in [2.24, 2.45) is 5.73 Å². The normalized spacial score (nSPS) is 11.2. The summed E-state index contributed by atoms with van der Waals surface area (Å²) in [7, 11) is 0. The maximum absolute atomic E-state index is 12.2. The first-order valence-electron chi connectivity index (χ1n) is 3.89. The van der Waals surface area contributed by atoms with E-state index >= 15 is 0 Å². The number of rotatable bonds is 2. The minimum absolute atomic E-state index is 0.362. The van der Waals surface area contributed by atoms with Crippen molar-refractivity contribution in [2.45, 2.75) is 6.18 Å². The molecule has 0 bridgehead atoms. The van der Waals surface area contributed by atoms with Gasteiger partial charge in [0, 0.05) is 6.07 Å². The molecule has 1 aromatic rings. The summed E-state index contributed by atoms with van der Waals surface area (Å²) in [4.78, 5) is 20.2. The predicted octanol–water partition coefficient (Wildman–Crippen LogP) is 1.71. The molecule has 0 aliphatic carbocycles. The summed E-state index contributed by atoms with van der Waals surface area (Å²) < 4.78 is 36.7. The number of primary amides is 1. The third kappa shape index (κ3) is 2.27. The number of nitro groups is 1. The smallest absolute Gasteiger partial charge is 0.365 e. The summed E-state index contributed by atoms with van der Waals surface area (Å²) in [5.74, 6) is -1.28.